The quantitative estimate of drug-likeness (QED) is 0.740. The van der Waals surface area contributed by atoms with Crippen molar-refractivity contribution in [3.8, 4) is 0 Å². The van der Waals surface area contributed by atoms with Crippen LogP contribution >= 0.6 is 15.9 Å². The second-order valence-electron chi connectivity index (χ2n) is 4.96. The zero-order valence-corrected chi connectivity index (χ0v) is 13.6. The third-order valence-electron chi connectivity index (χ3n) is 3.15. The highest BCUT2D eigenvalue weighted by atomic mass is 79.9. The second kappa shape index (κ2) is 6.71. The van der Waals surface area contributed by atoms with Gasteiger partial charge in [-0.25, -0.2) is 8.42 Å². The summed E-state index contributed by atoms with van der Waals surface area (Å²) in [5, 5.41) is 0.928. The van der Waals surface area contributed by atoms with Crippen molar-refractivity contribution in [1.29, 1.82) is 0 Å². The fourth-order valence-corrected chi connectivity index (χ4v) is 4.48. The van der Waals surface area contributed by atoms with Gasteiger partial charge in [0.2, 0.25) is 0 Å². The van der Waals surface area contributed by atoms with Gasteiger partial charge >= 0.3 is 0 Å². The van der Waals surface area contributed by atoms with E-state index in [0.717, 1.165) is 29.3 Å². The van der Waals surface area contributed by atoms with Crippen LogP contribution in [0.25, 0.3) is 0 Å². The molecule has 1 unspecified atom stereocenters. The molecule has 0 heterocycles. The van der Waals surface area contributed by atoms with E-state index in [1.165, 1.54) is 0 Å². The minimum atomic E-state index is -3.14. The van der Waals surface area contributed by atoms with Crippen molar-refractivity contribution in [2.24, 2.45) is 5.92 Å². The van der Waals surface area contributed by atoms with Gasteiger partial charge in [-0.05, 0) is 44.2 Å². The van der Waals surface area contributed by atoms with E-state index in [4.69, 9.17) is 0 Å². The molecule has 102 valence electrons. The number of benzene rings is 1. The highest BCUT2D eigenvalue weighted by molar-refractivity contribution is 9.09. The fraction of sp³-hybridized carbons (Fsp3) is 0.571. The van der Waals surface area contributed by atoms with Crippen LogP contribution in [0, 0.1) is 19.8 Å². The Labute approximate surface area is 119 Å². The summed E-state index contributed by atoms with van der Waals surface area (Å²) in [5.74, 6) is 0.676. The SMILES string of the molecule is Cc1ccc(S(=O)(=O)CCC(C)CCBr)c(C)c1. The summed E-state index contributed by atoms with van der Waals surface area (Å²) < 4.78 is 24.5. The molecule has 0 aliphatic carbocycles. The Morgan fingerprint density at radius 2 is 1.89 bits per heavy atom. The van der Waals surface area contributed by atoms with E-state index in [1.54, 1.807) is 6.07 Å². The molecule has 4 heteroatoms. The number of hydrogen-bond donors (Lipinski definition) is 0. The molecule has 0 aliphatic heterocycles. The van der Waals surface area contributed by atoms with E-state index >= 15 is 0 Å². The van der Waals surface area contributed by atoms with Gasteiger partial charge < -0.3 is 0 Å². The molecule has 18 heavy (non-hydrogen) atoms. The number of hydrogen-bond acceptors (Lipinski definition) is 2. The maximum atomic E-state index is 12.3. The largest absolute Gasteiger partial charge is 0.224 e. The van der Waals surface area contributed by atoms with Gasteiger partial charge in [-0.15, -0.1) is 0 Å². The van der Waals surface area contributed by atoms with E-state index in [9.17, 15) is 8.42 Å². The molecule has 0 N–H and O–H groups in total. The fourth-order valence-electron chi connectivity index (χ4n) is 1.95. The average molecular weight is 333 g/mol. The lowest BCUT2D eigenvalue weighted by Crippen LogP contribution is -2.12. The Morgan fingerprint density at radius 1 is 1.22 bits per heavy atom. The molecular weight excluding hydrogens is 312 g/mol. The molecule has 0 amide bonds. The molecule has 0 radical (unpaired) electrons. The molecule has 0 aromatic heterocycles. The molecule has 1 aromatic rings. The molecule has 0 fully saturated rings. The summed E-state index contributed by atoms with van der Waals surface area (Å²) in [6.45, 7) is 5.93. The number of rotatable bonds is 6. The van der Waals surface area contributed by atoms with Crippen LogP contribution in [0.2, 0.25) is 0 Å². The first-order valence-electron chi connectivity index (χ1n) is 6.23. The zero-order chi connectivity index (χ0) is 13.8. The molecule has 0 bridgehead atoms. The Bertz CT molecular complexity index is 495. The lowest BCUT2D eigenvalue weighted by atomic mass is 10.1. The van der Waals surface area contributed by atoms with Gasteiger partial charge in [-0.2, -0.15) is 0 Å². The van der Waals surface area contributed by atoms with Crippen LogP contribution < -0.4 is 0 Å². The van der Waals surface area contributed by atoms with Crippen molar-refractivity contribution in [3.05, 3.63) is 29.3 Å². The summed E-state index contributed by atoms with van der Waals surface area (Å²) in [7, 11) is -3.14. The predicted molar refractivity (Wildman–Crippen MR) is 80.2 cm³/mol. The van der Waals surface area contributed by atoms with Crippen molar-refractivity contribution in [2.45, 2.75) is 38.5 Å². The first-order valence-corrected chi connectivity index (χ1v) is 9.00. The summed E-state index contributed by atoms with van der Waals surface area (Å²) in [6.07, 6.45) is 1.74. The van der Waals surface area contributed by atoms with Gasteiger partial charge in [0.05, 0.1) is 10.6 Å². The molecule has 0 aliphatic rings. The Balaban J connectivity index is 2.80. The van der Waals surface area contributed by atoms with Gasteiger partial charge in [0, 0.05) is 5.33 Å². The lowest BCUT2D eigenvalue weighted by molar-refractivity contribution is 0.536. The molecule has 0 saturated heterocycles. The first kappa shape index (κ1) is 15.7. The minimum absolute atomic E-state index is 0.241. The third kappa shape index (κ3) is 4.39. The number of halogens is 1. The van der Waals surface area contributed by atoms with Gasteiger partial charge in [0.15, 0.2) is 9.84 Å². The normalized spacial score (nSPS) is 13.6. The maximum Gasteiger partial charge on any atom is 0.178 e. The Kier molecular flexibility index (Phi) is 5.86. The highest BCUT2D eigenvalue weighted by Gasteiger charge is 2.18. The van der Waals surface area contributed by atoms with Crippen molar-refractivity contribution in [1.82, 2.24) is 0 Å². The third-order valence-corrected chi connectivity index (χ3v) is 5.51. The number of sulfone groups is 1. The van der Waals surface area contributed by atoms with Crippen molar-refractivity contribution in [2.75, 3.05) is 11.1 Å². The van der Waals surface area contributed by atoms with Crippen LogP contribution in [-0.2, 0) is 9.84 Å². The van der Waals surface area contributed by atoms with Crippen LogP contribution in [0.1, 0.15) is 30.9 Å². The standard InChI is InChI=1S/C14H21BrO2S/c1-11(6-8-15)7-9-18(16,17)14-5-4-12(2)10-13(14)3/h4-5,10-11H,6-9H2,1-3H3. The summed E-state index contributed by atoms with van der Waals surface area (Å²) in [4.78, 5) is 0.485. The zero-order valence-electron chi connectivity index (χ0n) is 11.2. The Morgan fingerprint density at radius 3 is 2.44 bits per heavy atom. The Hall–Kier alpha value is -0.350. The van der Waals surface area contributed by atoms with Gasteiger partial charge in [0.25, 0.3) is 0 Å². The second-order valence-corrected chi connectivity index (χ2v) is 7.83. The molecule has 1 aromatic carbocycles. The summed E-state index contributed by atoms with van der Waals surface area (Å²) >= 11 is 3.39. The van der Waals surface area contributed by atoms with Crippen LogP contribution in [0.3, 0.4) is 0 Å². The monoisotopic (exact) mass is 332 g/mol. The lowest BCUT2D eigenvalue weighted by Gasteiger charge is -2.12. The maximum absolute atomic E-state index is 12.3. The molecule has 0 spiro atoms. The van der Waals surface area contributed by atoms with Crippen molar-refractivity contribution >= 4 is 25.8 Å². The van der Waals surface area contributed by atoms with Crippen molar-refractivity contribution in [3.63, 3.8) is 0 Å². The summed E-state index contributed by atoms with van der Waals surface area (Å²) in [6, 6.07) is 5.52. The molecule has 1 atom stereocenters. The summed E-state index contributed by atoms with van der Waals surface area (Å²) in [5.41, 5.74) is 1.95. The van der Waals surface area contributed by atoms with Gasteiger partial charge in [-0.1, -0.05) is 40.5 Å². The number of alkyl halides is 1. The van der Waals surface area contributed by atoms with E-state index < -0.39 is 9.84 Å². The van der Waals surface area contributed by atoms with Crippen LogP contribution in [-0.4, -0.2) is 19.5 Å². The van der Waals surface area contributed by atoms with Crippen molar-refractivity contribution < 1.29 is 8.42 Å². The minimum Gasteiger partial charge on any atom is -0.224 e. The molecular formula is C14H21BrO2S. The smallest absolute Gasteiger partial charge is 0.178 e. The number of aryl methyl sites for hydroxylation is 2. The van der Waals surface area contributed by atoms with Crippen LogP contribution in [0.5, 0.6) is 0 Å². The highest BCUT2D eigenvalue weighted by Crippen LogP contribution is 2.20. The molecule has 1 rings (SSSR count). The van der Waals surface area contributed by atoms with E-state index in [0.29, 0.717) is 10.8 Å². The molecule has 2 nitrogen and oxygen atoms in total. The van der Waals surface area contributed by atoms with Crippen LogP contribution in [0.15, 0.2) is 23.1 Å². The molecule has 0 saturated carbocycles. The van der Waals surface area contributed by atoms with Crippen LogP contribution in [0.4, 0.5) is 0 Å². The predicted octanol–water partition coefficient (Wildman–Crippen LogP) is 3.89. The van der Waals surface area contributed by atoms with Gasteiger partial charge in [0.1, 0.15) is 0 Å². The van der Waals surface area contributed by atoms with E-state index in [1.807, 2.05) is 26.0 Å². The van der Waals surface area contributed by atoms with E-state index in [-0.39, 0.29) is 5.75 Å². The van der Waals surface area contributed by atoms with E-state index in [2.05, 4.69) is 22.9 Å². The average Bonchev–Trinajstić information content (AvgIpc) is 2.26. The first-order chi connectivity index (χ1) is 8.36. The topological polar surface area (TPSA) is 34.1 Å². The van der Waals surface area contributed by atoms with Gasteiger partial charge in [-0.3, -0.25) is 0 Å².